The van der Waals surface area contributed by atoms with E-state index in [2.05, 4.69) is 10.3 Å². The summed E-state index contributed by atoms with van der Waals surface area (Å²) in [5.74, 6) is -0.348. The standard InChI is InChI=1S/C14H16N4O5S/c1-15-14-17(2)13(20)11(24-14)7-12(19)16-9-6-8(18(21)22)4-5-10(9)23-3/h4-6,11H,7H2,1-3H3,(H,16,19). The van der Waals surface area contributed by atoms with Crippen LogP contribution in [0.25, 0.3) is 0 Å². The number of anilines is 1. The number of nitro benzene ring substituents is 1. The average Bonchev–Trinajstić information content (AvgIpc) is 2.82. The smallest absolute Gasteiger partial charge is 0.271 e. The molecule has 1 saturated heterocycles. The number of ether oxygens (including phenoxy) is 1. The Hall–Kier alpha value is -2.62. The van der Waals surface area contributed by atoms with Crippen LogP contribution in [0.1, 0.15) is 6.42 Å². The highest BCUT2D eigenvalue weighted by molar-refractivity contribution is 8.15. The molecule has 0 radical (unpaired) electrons. The fourth-order valence-electron chi connectivity index (χ4n) is 2.18. The second kappa shape index (κ2) is 7.30. The van der Waals surface area contributed by atoms with Crippen LogP contribution in [0.4, 0.5) is 11.4 Å². The van der Waals surface area contributed by atoms with E-state index in [1.165, 1.54) is 42.0 Å². The van der Waals surface area contributed by atoms with Gasteiger partial charge >= 0.3 is 0 Å². The van der Waals surface area contributed by atoms with Crippen molar-refractivity contribution in [3.8, 4) is 5.75 Å². The van der Waals surface area contributed by atoms with Crippen LogP contribution in [-0.2, 0) is 9.59 Å². The summed E-state index contributed by atoms with van der Waals surface area (Å²) in [6, 6.07) is 3.90. The number of carbonyl (C=O) groups is 2. The van der Waals surface area contributed by atoms with Gasteiger partial charge in [0.25, 0.3) is 5.69 Å². The molecular weight excluding hydrogens is 336 g/mol. The molecule has 0 saturated carbocycles. The number of aliphatic imine (C=N–C) groups is 1. The van der Waals surface area contributed by atoms with Crippen molar-refractivity contribution in [2.75, 3.05) is 26.5 Å². The molecule has 0 bridgehead atoms. The van der Waals surface area contributed by atoms with Crippen molar-refractivity contribution < 1.29 is 19.2 Å². The molecule has 9 nitrogen and oxygen atoms in total. The molecule has 1 unspecified atom stereocenters. The topological polar surface area (TPSA) is 114 Å². The summed E-state index contributed by atoms with van der Waals surface area (Å²) in [5.41, 5.74) is 0.0161. The van der Waals surface area contributed by atoms with Gasteiger partial charge in [0.1, 0.15) is 11.0 Å². The monoisotopic (exact) mass is 352 g/mol. The number of non-ortho nitro benzene ring substituents is 1. The Balaban J connectivity index is 2.11. The van der Waals surface area contributed by atoms with Gasteiger partial charge in [0.05, 0.1) is 17.7 Å². The molecule has 10 heteroatoms. The van der Waals surface area contributed by atoms with E-state index in [0.29, 0.717) is 10.9 Å². The maximum absolute atomic E-state index is 12.2. The van der Waals surface area contributed by atoms with Crippen molar-refractivity contribution in [2.45, 2.75) is 11.7 Å². The lowest BCUT2D eigenvalue weighted by Crippen LogP contribution is -2.30. The van der Waals surface area contributed by atoms with Crippen molar-refractivity contribution >= 4 is 40.1 Å². The predicted molar refractivity (Wildman–Crippen MR) is 90.4 cm³/mol. The molecule has 1 aliphatic heterocycles. The maximum Gasteiger partial charge on any atom is 0.271 e. The number of methoxy groups -OCH3 is 1. The number of thioether (sulfide) groups is 1. The molecule has 0 spiro atoms. The van der Waals surface area contributed by atoms with Crippen LogP contribution < -0.4 is 10.1 Å². The third-order valence-electron chi connectivity index (χ3n) is 3.37. The summed E-state index contributed by atoms with van der Waals surface area (Å²) in [5, 5.41) is 13.4. The number of benzene rings is 1. The van der Waals surface area contributed by atoms with Crippen LogP contribution in [0.2, 0.25) is 0 Å². The molecule has 1 aromatic carbocycles. The number of nitro groups is 1. The first-order valence-electron chi connectivity index (χ1n) is 6.90. The van der Waals surface area contributed by atoms with E-state index in [4.69, 9.17) is 4.74 Å². The highest BCUT2D eigenvalue weighted by Crippen LogP contribution is 2.31. The van der Waals surface area contributed by atoms with Crippen LogP contribution in [0.5, 0.6) is 5.75 Å². The zero-order chi connectivity index (χ0) is 17.9. The molecule has 128 valence electrons. The summed E-state index contributed by atoms with van der Waals surface area (Å²) < 4.78 is 5.09. The molecule has 1 heterocycles. The Kier molecular flexibility index (Phi) is 5.39. The van der Waals surface area contributed by atoms with Crippen molar-refractivity contribution in [1.29, 1.82) is 0 Å². The molecular formula is C14H16N4O5S. The van der Waals surface area contributed by atoms with Gasteiger partial charge in [0.15, 0.2) is 5.17 Å². The highest BCUT2D eigenvalue weighted by Gasteiger charge is 2.36. The SMILES string of the molecule is CN=C1SC(CC(=O)Nc2cc([N+](=O)[O-])ccc2OC)C(=O)N1C. The molecule has 1 N–H and O–H groups in total. The first-order chi connectivity index (χ1) is 11.4. The van der Waals surface area contributed by atoms with Gasteiger partial charge in [0, 0.05) is 32.6 Å². The number of carbonyl (C=O) groups excluding carboxylic acids is 2. The van der Waals surface area contributed by atoms with E-state index >= 15 is 0 Å². The Morgan fingerprint density at radius 3 is 2.79 bits per heavy atom. The zero-order valence-corrected chi connectivity index (χ0v) is 14.1. The number of nitrogens with zero attached hydrogens (tertiary/aromatic N) is 3. The van der Waals surface area contributed by atoms with Gasteiger partial charge in [0.2, 0.25) is 11.8 Å². The van der Waals surface area contributed by atoms with Crippen LogP contribution in [0, 0.1) is 10.1 Å². The quantitative estimate of drug-likeness (QED) is 0.634. The second-order valence-electron chi connectivity index (χ2n) is 4.90. The number of amides is 2. The summed E-state index contributed by atoms with van der Waals surface area (Å²) in [4.78, 5) is 39.9. The fourth-order valence-corrected chi connectivity index (χ4v) is 3.28. The lowest BCUT2D eigenvalue weighted by molar-refractivity contribution is -0.384. The van der Waals surface area contributed by atoms with Crippen LogP contribution in [0.15, 0.2) is 23.2 Å². The molecule has 1 atom stereocenters. The summed E-state index contributed by atoms with van der Waals surface area (Å²) in [7, 11) is 4.56. The van der Waals surface area contributed by atoms with Gasteiger partial charge in [-0.1, -0.05) is 11.8 Å². The number of amidine groups is 1. The van der Waals surface area contributed by atoms with Gasteiger partial charge in [-0.3, -0.25) is 29.6 Å². The fraction of sp³-hybridized carbons (Fsp3) is 0.357. The van der Waals surface area contributed by atoms with Crippen LogP contribution in [-0.4, -0.2) is 53.3 Å². The molecule has 24 heavy (non-hydrogen) atoms. The van der Waals surface area contributed by atoms with Crippen molar-refractivity contribution in [3.05, 3.63) is 28.3 Å². The van der Waals surface area contributed by atoms with Crippen LogP contribution in [0.3, 0.4) is 0 Å². The lowest BCUT2D eigenvalue weighted by atomic mass is 10.2. The average molecular weight is 352 g/mol. The van der Waals surface area contributed by atoms with Gasteiger partial charge in [-0.05, 0) is 6.07 Å². The van der Waals surface area contributed by atoms with Crippen LogP contribution >= 0.6 is 11.8 Å². The molecule has 1 fully saturated rings. The largest absolute Gasteiger partial charge is 0.495 e. The Bertz CT molecular complexity index is 721. The summed E-state index contributed by atoms with van der Waals surface area (Å²) in [6.45, 7) is 0. The summed E-state index contributed by atoms with van der Waals surface area (Å²) in [6.07, 6.45) is -0.0707. The number of rotatable bonds is 5. The first-order valence-corrected chi connectivity index (χ1v) is 7.78. The number of hydrogen-bond donors (Lipinski definition) is 1. The molecule has 0 aromatic heterocycles. The van der Waals surface area contributed by atoms with Gasteiger partial charge in [-0.25, -0.2) is 0 Å². The highest BCUT2D eigenvalue weighted by atomic mass is 32.2. The predicted octanol–water partition coefficient (Wildman–Crippen LogP) is 1.49. The second-order valence-corrected chi connectivity index (χ2v) is 6.07. The van der Waals surface area contributed by atoms with Crippen molar-refractivity contribution in [1.82, 2.24) is 4.90 Å². The number of nitrogens with one attached hydrogen (secondary N) is 1. The lowest BCUT2D eigenvalue weighted by Gasteiger charge is -2.11. The first kappa shape index (κ1) is 17.7. The normalized spacial score (nSPS) is 18.8. The molecule has 1 aromatic rings. The molecule has 1 aliphatic rings. The van der Waals surface area contributed by atoms with E-state index in [1.807, 2.05) is 0 Å². The molecule has 2 rings (SSSR count). The summed E-state index contributed by atoms with van der Waals surface area (Å²) >= 11 is 1.21. The van der Waals surface area contributed by atoms with Crippen molar-refractivity contribution in [2.24, 2.45) is 4.99 Å². The number of hydrogen-bond acceptors (Lipinski definition) is 7. The van der Waals surface area contributed by atoms with E-state index in [1.54, 1.807) is 14.1 Å². The van der Waals surface area contributed by atoms with Crippen molar-refractivity contribution in [3.63, 3.8) is 0 Å². The van der Waals surface area contributed by atoms with Gasteiger partial charge in [-0.2, -0.15) is 0 Å². The zero-order valence-electron chi connectivity index (χ0n) is 13.3. The Labute approximate surface area is 142 Å². The van der Waals surface area contributed by atoms with Gasteiger partial charge in [-0.15, -0.1) is 0 Å². The minimum Gasteiger partial charge on any atom is -0.495 e. The third-order valence-corrected chi connectivity index (χ3v) is 4.69. The van der Waals surface area contributed by atoms with E-state index in [0.717, 1.165) is 0 Å². The Morgan fingerprint density at radius 2 is 2.25 bits per heavy atom. The van der Waals surface area contributed by atoms with E-state index in [-0.39, 0.29) is 23.7 Å². The molecule has 2 amide bonds. The minimum absolute atomic E-state index is 0.0707. The van der Waals surface area contributed by atoms with E-state index < -0.39 is 16.1 Å². The third kappa shape index (κ3) is 3.65. The van der Waals surface area contributed by atoms with Gasteiger partial charge < -0.3 is 10.1 Å². The Morgan fingerprint density at radius 1 is 1.54 bits per heavy atom. The van der Waals surface area contributed by atoms with E-state index in [9.17, 15) is 19.7 Å². The maximum atomic E-state index is 12.2. The molecule has 0 aliphatic carbocycles. The minimum atomic E-state index is -0.571.